The van der Waals surface area contributed by atoms with Crippen molar-refractivity contribution < 1.29 is 18.7 Å². The van der Waals surface area contributed by atoms with E-state index in [0.717, 1.165) is 11.1 Å². The molecule has 1 amide bonds. The highest BCUT2D eigenvalue weighted by Crippen LogP contribution is 2.41. The number of hydrogen-bond donors (Lipinski definition) is 0. The highest BCUT2D eigenvalue weighted by atomic mass is 19.1. The minimum atomic E-state index is -1.12. The Hall–Kier alpha value is -4.00. The van der Waals surface area contributed by atoms with Crippen molar-refractivity contribution in [3.05, 3.63) is 95.8 Å². The molecule has 1 aliphatic heterocycles. The van der Waals surface area contributed by atoms with Crippen LogP contribution in [0.4, 0.5) is 10.3 Å². The van der Waals surface area contributed by atoms with Gasteiger partial charge in [0.2, 0.25) is 11.9 Å². The van der Waals surface area contributed by atoms with E-state index in [1.807, 2.05) is 59.2 Å². The molecule has 2 heterocycles. The maximum atomic E-state index is 13.9. The van der Waals surface area contributed by atoms with Crippen molar-refractivity contribution >= 4 is 28.9 Å². The molecule has 5 rings (SSSR count). The van der Waals surface area contributed by atoms with Crippen LogP contribution in [0.2, 0.25) is 0 Å². The van der Waals surface area contributed by atoms with Crippen molar-refractivity contribution in [2.75, 3.05) is 18.1 Å². The number of hydrogen-bond acceptors (Lipinski definition) is 4. The summed E-state index contributed by atoms with van der Waals surface area (Å²) in [6, 6.07) is 22.6. The lowest BCUT2D eigenvalue weighted by atomic mass is 9.89. The second kappa shape index (κ2) is 9.09. The third-order valence-corrected chi connectivity index (χ3v) is 6.16. The number of carbonyl (C=O) groups is 2. The van der Waals surface area contributed by atoms with Crippen molar-refractivity contribution in [2.45, 2.75) is 19.4 Å². The minimum absolute atomic E-state index is 0.153. The molecule has 0 saturated carbocycles. The maximum absolute atomic E-state index is 13.9. The molecule has 172 valence electrons. The lowest BCUT2D eigenvalue weighted by Crippen LogP contribution is -2.50. The van der Waals surface area contributed by atoms with Crippen molar-refractivity contribution in [1.82, 2.24) is 9.55 Å². The number of carbonyl (C=O) groups excluding carboxylic acids is 2. The first-order chi connectivity index (χ1) is 16.6. The second-order valence-electron chi connectivity index (χ2n) is 8.22. The van der Waals surface area contributed by atoms with Crippen molar-refractivity contribution in [3.8, 4) is 0 Å². The number of esters is 1. The van der Waals surface area contributed by atoms with Crippen LogP contribution in [0.25, 0.3) is 11.0 Å². The Morgan fingerprint density at radius 3 is 2.44 bits per heavy atom. The fourth-order valence-corrected chi connectivity index (χ4v) is 4.61. The third-order valence-electron chi connectivity index (χ3n) is 6.16. The number of anilines is 1. The van der Waals surface area contributed by atoms with Crippen LogP contribution < -0.4 is 4.90 Å². The maximum Gasteiger partial charge on any atom is 0.321 e. The minimum Gasteiger partial charge on any atom is -0.465 e. The molecule has 1 aliphatic rings. The molecule has 0 saturated heterocycles. The Morgan fingerprint density at radius 2 is 1.71 bits per heavy atom. The zero-order valence-corrected chi connectivity index (χ0v) is 18.7. The number of para-hydroxylation sites is 2. The number of benzene rings is 3. The van der Waals surface area contributed by atoms with Gasteiger partial charge in [-0.15, -0.1) is 0 Å². The molecular weight excluding hydrogens is 433 g/mol. The summed E-state index contributed by atoms with van der Waals surface area (Å²) in [5.41, 5.74) is 3.22. The predicted octanol–water partition coefficient (Wildman–Crippen LogP) is 4.53. The van der Waals surface area contributed by atoms with Crippen LogP contribution in [0, 0.1) is 11.7 Å². The number of rotatable bonds is 6. The highest BCUT2D eigenvalue weighted by Gasteiger charge is 2.47. The summed E-state index contributed by atoms with van der Waals surface area (Å²) < 4.78 is 21.0. The van der Waals surface area contributed by atoms with E-state index < -0.39 is 23.7 Å². The molecule has 3 aromatic carbocycles. The van der Waals surface area contributed by atoms with Gasteiger partial charge in [0.05, 0.1) is 23.7 Å². The molecule has 0 bridgehead atoms. The Morgan fingerprint density at radius 1 is 1.00 bits per heavy atom. The summed E-state index contributed by atoms with van der Waals surface area (Å²) in [6.45, 7) is 2.22. The van der Waals surface area contributed by atoms with Gasteiger partial charge in [0, 0.05) is 6.54 Å². The SMILES string of the molecule is CCOC(=O)[C@@H]1C(=O)N(CCc2ccccc2)c2nc3ccccc3n2[C@@H]1c1ccc(F)cc1. The quantitative estimate of drug-likeness (QED) is 0.315. The molecule has 1 aromatic heterocycles. The number of halogens is 1. The largest absolute Gasteiger partial charge is 0.465 e. The number of nitrogens with zero attached hydrogens (tertiary/aromatic N) is 3. The molecule has 2 atom stereocenters. The molecule has 34 heavy (non-hydrogen) atoms. The average molecular weight is 458 g/mol. The van der Waals surface area contributed by atoms with Gasteiger partial charge in [0.1, 0.15) is 5.82 Å². The molecule has 0 N–H and O–H groups in total. The van der Waals surface area contributed by atoms with Gasteiger partial charge < -0.3 is 9.30 Å². The normalized spacial score (nSPS) is 17.6. The monoisotopic (exact) mass is 457 g/mol. The second-order valence-corrected chi connectivity index (χ2v) is 8.22. The topological polar surface area (TPSA) is 64.4 Å². The lowest BCUT2D eigenvalue weighted by Gasteiger charge is -2.38. The average Bonchev–Trinajstić information content (AvgIpc) is 3.23. The van der Waals surface area contributed by atoms with E-state index in [2.05, 4.69) is 0 Å². The van der Waals surface area contributed by atoms with Gasteiger partial charge in [-0.3, -0.25) is 14.5 Å². The number of ether oxygens (including phenoxy) is 1. The number of aromatic nitrogens is 2. The molecule has 4 aromatic rings. The fraction of sp³-hybridized carbons (Fsp3) is 0.222. The molecule has 0 radical (unpaired) electrons. The van der Waals surface area contributed by atoms with Gasteiger partial charge in [-0.1, -0.05) is 54.6 Å². The van der Waals surface area contributed by atoms with Crippen molar-refractivity contribution in [1.29, 1.82) is 0 Å². The molecule has 0 unspecified atom stereocenters. The Balaban J connectivity index is 1.68. The van der Waals surface area contributed by atoms with E-state index >= 15 is 0 Å². The zero-order valence-electron chi connectivity index (χ0n) is 18.7. The molecule has 0 aliphatic carbocycles. The van der Waals surface area contributed by atoms with Crippen LogP contribution in [0.3, 0.4) is 0 Å². The Bertz CT molecular complexity index is 1330. The lowest BCUT2D eigenvalue weighted by molar-refractivity contribution is -0.153. The van der Waals surface area contributed by atoms with Crippen LogP contribution in [0.5, 0.6) is 0 Å². The Kier molecular flexibility index (Phi) is 5.84. The van der Waals surface area contributed by atoms with Crippen molar-refractivity contribution in [3.63, 3.8) is 0 Å². The van der Waals surface area contributed by atoms with Gasteiger partial charge >= 0.3 is 5.97 Å². The first-order valence-electron chi connectivity index (χ1n) is 11.3. The third kappa shape index (κ3) is 3.83. The number of fused-ring (bicyclic) bond motifs is 3. The molecule has 6 nitrogen and oxygen atoms in total. The fourth-order valence-electron chi connectivity index (χ4n) is 4.61. The summed E-state index contributed by atoms with van der Waals surface area (Å²) in [5, 5.41) is 0. The van der Waals surface area contributed by atoms with E-state index in [1.54, 1.807) is 24.0 Å². The van der Waals surface area contributed by atoms with E-state index in [-0.39, 0.29) is 12.5 Å². The van der Waals surface area contributed by atoms with Gasteiger partial charge in [-0.25, -0.2) is 9.37 Å². The summed E-state index contributed by atoms with van der Waals surface area (Å²) in [7, 11) is 0. The molecule has 7 heteroatoms. The summed E-state index contributed by atoms with van der Waals surface area (Å²) in [4.78, 5) is 33.4. The number of amides is 1. The van der Waals surface area contributed by atoms with Crippen LogP contribution in [-0.4, -0.2) is 34.6 Å². The van der Waals surface area contributed by atoms with E-state index in [0.29, 0.717) is 30.0 Å². The standard InChI is InChI=1S/C27H24FN3O3/c1-2-34-26(33)23-24(19-12-14-20(28)15-13-19)31-22-11-7-6-10-21(22)29-27(31)30(25(23)32)17-16-18-8-4-3-5-9-18/h3-15,23-24H,2,16-17H2,1H3/t23-,24+/m0/s1. The zero-order chi connectivity index (χ0) is 23.7. The van der Waals surface area contributed by atoms with Gasteiger partial charge in [-0.05, 0) is 48.7 Å². The van der Waals surface area contributed by atoms with Crippen molar-refractivity contribution in [2.24, 2.45) is 5.92 Å². The van der Waals surface area contributed by atoms with Crippen LogP contribution >= 0.6 is 0 Å². The van der Waals surface area contributed by atoms with Crippen LogP contribution in [0.15, 0.2) is 78.9 Å². The first kappa shape index (κ1) is 21.8. The Labute approximate surface area is 196 Å². The van der Waals surface area contributed by atoms with Gasteiger partial charge in [0.15, 0.2) is 5.92 Å². The summed E-state index contributed by atoms with van der Waals surface area (Å²) in [5.74, 6) is -2.01. The smallest absolute Gasteiger partial charge is 0.321 e. The van der Waals surface area contributed by atoms with E-state index in [4.69, 9.17) is 9.72 Å². The van der Waals surface area contributed by atoms with E-state index in [9.17, 15) is 14.0 Å². The summed E-state index contributed by atoms with van der Waals surface area (Å²) in [6.07, 6.45) is 0.604. The number of imidazole rings is 1. The van der Waals surface area contributed by atoms with E-state index in [1.165, 1.54) is 12.1 Å². The first-order valence-corrected chi connectivity index (χ1v) is 11.3. The predicted molar refractivity (Wildman–Crippen MR) is 127 cm³/mol. The van der Waals surface area contributed by atoms with Crippen LogP contribution in [0.1, 0.15) is 24.1 Å². The van der Waals surface area contributed by atoms with Crippen LogP contribution in [-0.2, 0) is 20.7 Å². The molecule has 0 fully saturated rings. The van der Waals surface area contributed by atoms with Gasteiger partial charge in [-0.2, -0.15) is 0 Å². The van der Waals surface area contributed by atoms with Gasteiger partial charge in [0.25, 0.3) is 0 Å². The molecular formula is C27H24FN3O3. The summed E-state index contributed by atoms with van der Waals surface area (Å²) >= 11 is 0. The molecule has 0 spiro atoms. The highest BCUT2D eigenvalue weighted by molar-refractivity contribution is 6.08.